The molecule has 0 spiro atoms. The van der Waals surface area contributed by atoms with Crippen molar-refractivity contribution in [2.75, 3.05) is 18.4 Å². The summed E-state index contributed by atoms with van der Waals surface area (Å²) < 4.78 is 0. The number of ketones is 1. The maximum Gasteiger partial charge on any atom is 0.191 e. The molecule has 0 bridgehead atoms. The minimum atomic E-state index is -0.0887. The number of rotatable bonds is 2. The van der Waals surface area contributed by atoms with Crippen LogP contribution in [0.4, 0.5) is 5.69 Å². The first kappa shape index (κ1) is 12.7. The summed E-state index contributed by atoms with van der Waals surface area (Å²) in [6, 6.07) is 5.44. The molecule has 108 valence electrons. The number of amidine groups is 1. The summed E-state index contributed by atoms with van der Waals surface area (Å²) >= 11 is 0. The molecule has 0 saturated carbocycles. The number of aromatic nitrogens is 2. The quantitative estimate of drug-likeness (QED) is 0.673. The first-order valence-corrected chi connectivity index (χ1v) is 7.02. The van der Waals surface area contributed by atoms with E-state index >= 15 is 0 Å². The number of nitrogens with one attached hydrogen (secondary N) is 1. The topological polar surface area (TPSA) is 70.5 Å². The molecule has 0 unspecified atom stereocenters. The van der Waals surface area contributed by atoms with Gasteiger partial charge in [-0.2, -0.15) is 0 Å². The number of hydrogen-bond donors (Lipinski definition) is 1. The third-order valence-corrected chi connectivity index (χ3v) is 3.67. The molecule has 0 aliphatic carbocycles. The average Bonchev–Trinajstić information content (AvgIpc) is 3.06. The van der Waals surface area contributed by atoms with E-state index in [4.69, 9.17) is 0 Å². The number of allylic oxidation sites excluding steroid dienone is 1. The molecular weight excluding hydrogens is 278 g/mol. The second-order valence-electron chi connectivity index (χ2n) is 5.04. The van der Waals surface area contributed by atoms with Gasteiger partial charge >= 0.3 is 0 Å². The Morgan fingerprint density at radius 1 is 1.23 bits per heavy atom. The SMILES string of the molecule is O=C(C=C1Nc2cnccc2C2=NCCN12)c1cccnc1. The standard InChI is InChI=1S/C16H13N5O/c22-14(11-2-1-4-17-9-11)8-15-20-13-10-18-5-3-12(13)16-19-6-7-21(15)16/h1-5,8-10,20H,6-7H2. The van der Waals surface area contributed by atoms with Gasteiger partial charge in [0.2, 0.25) is 0 Å². The number of carbonyl (C=O) groups is 1. The monoisotopic (exact) mass is 291 g/mol. The Hall–Kier alpha value is -3.02. The van der Waals surface area contributed by atoms with Crippen LogP contribution in [0.3, 0.4) is 0 Å². The number of hydrogen-bond acceptors (Lipinski definition) is 6. The van der Waals surface area contributed by atoms with Crippen LogP contribution in [0, 0.1) is 0 Å². The summed E-state index contributed by atoms with van der Waals surface area (Å²) in [5, 5.41) is 3.27. The van der Waals surface area contributed by atoms with Crippen LogP contribution in [-0.4, -0.2) is 39.6 Å². The lowest BCUT2D eigenvalue weighted by molar-refractivity contribution is 0.104. The molecule has 0 saturated heterocycles. The Balaban J connectivity index is 1.73. The van der Waals surface area contributed by atoms with E-state index in [-0.39, 0.29) is 5.78 Å². The highest BCUT2D eigenvalue weighted by molar-refractivity contribution is 6.10. The molecule has 1 N–H and O–H groups in total. The van der Waals surface area contributed by atoms with Crippen molar-refractivity contribution < 1.29 is 4.79 Å². The molecule has 2 aliphatic heterocycles. The molecule has 6 nitrogen and oxygen atoms in total. The van der Waals surface area contributed by atoms with Crippen molar-refractivity contribution in [3.8, 4) is 0 Å². The van der Waals surface area contributed by atoms with Crippen molar-refractivity contribution in [3.05, 3.63) is 66.0 Å². The van der Waals surface area contributed by atoms with Gasteiger partial charge in [-0.15, -0.1) is 0 Å². The molecule has 0 atom stereocenters. The van der Waals surface area contributed by atoms with Crippen LogP contribution in [0.5, 0.6) is 0 Å². The lowest BCUT2D eigenvalue weighted by Gasteiger charge is -2.30. The van der Waals surface area contributed by atoms with Gasteiger partial charge in [0.1, 0.15) is 11.7 Å². The lowest BCUT2D eigenvalue weighted by atomic mass is 10.1. The largest absolute Gasteiger partial charge is 0.340 e. The number of fused-ring (bicyclic) bond motifs is 3. The Bertz CT molecular complexity index is 797. The fraction of sp³-hybridized carbons (Fsp3) is 0.125. The first-order valence-electron chi connectivity index (χ1n) is 7.02. The van der Waals surface area contributed by atoms with E-state index < -0.39 is 0 Å². The summed E-state index contributed by atoms with van der Waals surface area (Å²) in [4.78, 5) is 27.0. The zero-order valence-electron chi connectivity index (χ0n) is 11.7. The van der Waals surface area contributed by atoms with Crippen molar-refractivity contribution >= 4 is 17.3 Å². The Morgan fingerprint density at radius 2 is 2.14 bits per heavy atom. The van der Waals surface area contributed by atoms with Crippen molar-refractivity contribution in [1.29, 1.82) is 0 Å². The van der Waals surface area contributed by atoms with Crippen LogP contribution in [-0.2, 0) is 0 Å². The highest BCUT2D eigenvalue weighted by Gasteiger charge is 2.29. The molecule has 0 radical (unpaired) electrons. The number of carbonyl (C=O) groups excluding carboxylic acids is 1. The van der Waals surface area contributed by atoms with Crippen LogP contribution in [0.15, 0.2) is 59.9 Å². The molecule has 2 aromatic heterocycles. The summed E-state index contributed by atoms with van der Waals surface area (Å²) in [6.45, 7) is 1.48. The highest BCUT2D eigenvalue weighted by atomic mass is 16.1. The van der Waals surface area contributed by atoms with Gasteiger partial charge in [-0.25, -0.2) is 0 Å². The molecule has 2 aromatic rings. The van der Waals surface area contributed by atoms with Gasteiger partial charge in [-0.05, 0) is 18.2 Å². The number of aliphatic imine (C=N–C) groups is 1. The Morgan fingerprint density at radius 3 is 3.00 bits per heavy atom. The fourth-order valence-electron chi connectivity index (χ4n) is 2.64. The molecule has 0 fully saturated rings. The summed E-state index contributed by atoms with van der Waals surface area (Å²) in [6.07, 6.45) is 8.30. The van der Waals surface area contributed by atoms with E-state index in [2.05, 4.69) is 20.3 Å². The molecule has 4 rings (SSSR count). The van der Waals surface area contributed by atoms with Gasteiger partial charge in [0.25, 0.3) is 0 Å². The van der Waals surface area contributed by atoms with Crippen LogP contribution >= 0.6 is 0 Å². The summed E-state index contributed by atoms with van der Waals surface area (Å²) in [5.41, 5.74) is 2.44. The van der Waals surface area contributed by atoms with Gasteiger partial charge in [0.05, 0.1) is 18.4 Å². The van der Waals surface area contributed by atoms with Crippen molar-refractivity contribution in [1.82, 2.24) is 14.9 Å². The average molecular weight is 291 g/mol. The molecule has 22 heavy (non-hydrogen) atoms. The van der Waals surface area contributed by atoms with E-state index in [9.17, 15) is 4.79 Å². The Labute approximate surface area is 127 Å². The van der Waals surface area contributed by atoms with Gasteiger partial charge < -0.3 is 10.2 Å². The van der Waals surface area contributed by atoms with E-state index in [1.54, 1.807) is 43.0 Å². The number of nitrogens with zero attached hydrogens (tertiary/aromatic N) is 4. The van der Waals surface area contributed by atoms with Gasteiger partial charge in [-0.1, -0.05) is 0 Å². The summed E-state index contributed by atoms with van der Waals surface area (Å²) in [7, 11) is 0. The maximum absolute atomic E-state index is 12.4. The molecule has 6 heteroatoms. The lowest BCUT2D eigenvalue weighted by Crippen LogP contribution is -2.36. The molecule has 2 aliphatic rings. The minimum absolute atomic E-state index is 0.0887. The van der Waals surface area contributed by atoms with Gasteiger partial charge in [0.15, 0.2) is 5.78 Å². The van der Waals surface area contributed by atoms with E-state index in [0.717, 1.165) is 36.0 Å². The van der Waals surface area contributed by atoms with Gasteiger partial charge in [0, 0.05) is 42.3 Å². The second-order valence-corrected chi connectivity index (χ2v) is 5.04. The van der Waals surface area contributed by atoms with Gasteiger partial charge in [-0.3, -0.25) is 19.8 Å². The first-order chi connectivity index (χ1) is 10.8. The molecule has 4 heterocycles. The van der Waals surface area contributed by atoms with Crippen LogP contribution in [0.25, 0.3) is 0 Å². The summed E-state index contributed by atoms with van der Waals surface area (Å²) in [5.74, 6) is 1.53. The maximum atomic E-state index is 12.4. The van der Waals surface area contributed by atoms with E-state index in [1.807, 2.05) is 11.0 Å². The van der Waals surface area contributed by atoms with Crippen molar-refractivity contribution in [3.63, 3.8) is 0 Å². The van der Waals surface area contributed by atoms with Crippen molar-refractivity contribution in [2.24, 2.45) is 4.99 Å². The molecule has 0 aromatic carbocycles. The van der Waals surface area contributed by atoms with E-state index in [1.165, 1.54) is 0 Å². The Kier molecular flexibility index (Phi) is 2.93. The highest BCUT2D eigenvalue weighted by Crippen LogP contribution is 2.29. The zero-order valence-corrected chi connectivity index (χ0v) is 11.7. The number of anilines is 1. The minimum Gasteiger partial charge on any atom is -0.340 e. The zero-order chi connectivity index (χ0) is 14.9. The predicted molar refractivity (Wildman–Crippen MR) is 82.6 cm³/mol. The van der Waals surface area contributed by atoms with Crippen LogP contribution in [0.1, 0.15) is 15.9 Å². The third kappa shape index (κ3) is 2.05. The molecular formula is C16H13N5O. The van der Waals surface area contributed by atoms with Crippen LogP contribution in [0.2, 0.25) is 0 Å². The molecule has 0 amide bonds. The predicted octanol–water partition coefficient (Wildman–Crippen LogP) is 1.69. The van der Waals surface area contributed by atoms with Crippen LogP contribution < -0.4 is 5.32 Å². The normalized spacial score (nSPS) is 17.5. The fourth-order valence-corrected chi connectivity index (χ4v) is 2.64. The van der Waals surface area contributed by atoms with Crippen molar-refractivity contribution in [2.45, 2.75) is 0 Å². The smallest absolute Gasteiger partial charge is 0.191 e. The van der Waals surface area contributed by atoms with E-state index in [0.29, 0.717) is 5.56 Å². The second kappa shape index (κ2) is 5.07. The number of pyridine rings is 2. The third-order valence-electron chi connectivity index (χ3n) is 3.67.